The average molecular weight is 286 g/mol. The van der Waals surface area contributed by atoms with Crippen LogP contribution in [0.1, 0.15) is 51.0 Å². The van der Waals surface area contributed by atoms with Gasteiger partial charge in [-0.1, -0.05) is 38.3 Å². The predicted octanol–water partition coefficient (Wildman–Crippen LogP) is 4.04. The molecule has 1 N–H and O–H groups in total. The van der Waals surface area contributed by atoms with Crippen LogP contribution in [0.25, 0.3) is 0 Å². The quantitative estimate of drug-likeness (QED) is 0.823. The standard InChI is InChI=1S/C18H26N2O/c1-2-18(16-8-4-3-5-9-16)20-14-15-7-6-10-17(13-15)21-12-11-19/h6-7,10,13,16,18,20H,2-5,8-9,12,14H2,1H3. The molecule has 1 saturated carbocycles. The van der Waals surface area contributed by atoms with Crippen molar-refractivity contribution in [2.24, 2.45) is 5.92 Å². The topological polar surface area (TPSA) is 45.0 Å². The molecule has 0 amide bonds. The number of nitrogens with one attached hydrogen (secondary N) is 1. The Kier molecular flexibility index (Phi) is 6.56. The Balaban J connectivity index is 1.87. The van der Waals surface area contributed by atoms with Gasteiger partial charge in [0.15, 0.2) is 6.61 Å². The molecule has 0 heterocycles. The minimum Gasteiger partial charge on any atom is -0.479 e. The van der Waals surface area contributed by atoms with Crippen molar-refractivity contribution in [2.75, 3.05) is 6.61 Å². The Morgan fingerprint density at radius 3 is 2.86 bits per heavy atom. The molecule has 0 saturated heterocycles. The van der Waals surface area contributed by atoms with Crippen LogP contribution < -0.4 is 10.1 Å². The van der Waals surface area contributed by atoms with E-state index >= 15 is 0 Å². The predicted molar refractivity (Wildman–Crippen MR) is 85.0 cm³/mol. The van der Waals surface area contributed by atoms with Crippen molar-refractivity contribution in [3.63, 3.8) is 0 Å². The smallest absolute Gasteiger partial charge is 0.174 e. The van der Waals surface area contributed by atoms with Gasteiger partial charge >= 0.3 is 0 Å². The first-order chi connectivity index (χ1) is 10.3. The molecule has 0 bridgehead atoms. The summed E-state index contributed by atoms with van der Waals surface area (Å²) in [6, 6.07) is 10.6. The van der Waals surface area contributed by atoms with Crippen LogP contribution in [0.3, 0.4) is 0 Å². The fourth-order valence-electron chi connectivity index (χ4n) is 3.29. The molecule has 114 valence electrons. The van der Waals surface area contributed by atoms with Gasteiger partial charge in [0.2, 0.25) is 0 Å². The fraction of sp³-hybridized carbons (Fsp3) is 0.611. The van der Waals surface area contributed by atoms with Crippen LogP contribution >= 0.6 is 0 Å². The molecule has 1 aliphatic rings. The monoisotopic (exact) mass is 286 g/mol. The lowest BCUT2D eigenvalue weighted by molar-refractivity contribution is 0.261. The molecule has 2 rings (SSSR count). The summed E-state index contributed by atoms with van der Waals surface area (Å²) >= 11 is 0. The van der Waals surface area contributed by atoms with E-state index in [1.54, 1.807) is 0 Å². The third-order valence-corrected chi connectivity index (χ3v) is 4.43. The molecular formula is C18H26N2O. The zero-order chi connectivity index (χ0) is 14.9. The van der Waals surface area contributed by atoms with Gasteiger partial charge in [-0.2, -0.15) is 5.26 Å². The zero-order valence-corrected chi connectivity index (χ0v) is 13.0. The largest absolute Gasteiger partial charge is 0.479 e. The lowest BCUT2D eigenvalue weighted by Crippen LogP contribution is -2.36. The second kappa shape index (κ2) is 8.69. The molecule has 0 aromatic heterocycles. The highest BCUT2D eigenvalue weighted by Gasteiger charge is 2.21. The first kappa shape index (κ1) is 15.9. The number of nitriles is 1. The summed E-state index contributed by atoms with van der Waals surface area (Å²) in [6.45, 7) is 3.26. The first-order valence-electron chi connectivity index (χ1n) is 8.15. The third kappa shape index (κ3) is 5.06. The van der Waals surface area contributed by atoms with E-state index in [9.17, 15) is 0 Å². The van der Waals surface area contributed by atoms with Crippen molar-refractivity contribution >= 4 is 0 Å². The lowest BCUT2D eigenvalue weighted by Gasteiger charge is -2.30. The summed E-state index contributed by atoms with van der Waals surface area (Å²) in [5.74, 6) is 1.61. The fourth-order valence-corrected chi connectivity index (χ4v) is 3.29. The maximum absolute atomic E-state index is 8.56. The molecule has 0 aliphatic heterocycles. The highest BCUT2D eigenvalue weighted by molar-refractivity contribution is 5.28. The second-order valence-electron chi connectivity index (χ2n) is 5.89. The van der Waals surface area contributed by atoms with Crippen LogP contribution in [0.4, 0.5) is 0 Å². The maximum Gasteiger partial charge on any atom is 0.174 e. The van der Waals surface area contributed by atoms with Gasteiger partial charge in [-0.3, -0.25) is 0 Å². The molecule has 3 nitrogen and oxygen atoms in total. The Morgan fingerprint density at radius 2 is 2.14 bits per heavy atom. The van der Waals surface area contributed by atoms with Crippen LogP contribution in [-0.4, -0.2) is 12.6 Å². The van der Waals surface area contributed by atoms with Gasteiger partial charge in [0.25, 0.3) is 0 Å². The van der Waals surface area contributed by atoms with Gasteiger partial charge in [-0.05, 0) is 42.9 Å². The summed E-state index contributed by atoms with van der Waals surface area (Å²) in [6.07, 6.45) is 8.12. The number of ether oxygens (including phenoxy) is 1. The van der Waals surface area contributed by atoms with Gasteiger partial charge < -0.3 is 10.1 Å². The summed E-state index contributed by atoms with van der Waals surface area (Å²) in [4.78, 5) is 0. The van der Waals surface area contributed by atoms with Crippen molar-refractivity contribution in [2.45, 2.75) is 58.0 Å². The molecule has 0 spiro atoms. The summed E-state index contributed by atoms with van der Waals surface area (Å²) in [7, 11) is 0. The maximum atomic E-state index is 8.56. The van der Waals surface area contributed by atoms with Crippen molar-refractivity contribution in [3.8, 4) is 11.8 Å². The molecule has 21 heavy (non-hydrogen) atoms. The Morgan fingerprint density at radius 1 is 1.33 bits per heavy atom. The van der Waals surface area contributed by atoms with Crippen LogP contribution in [0.15, 0.2) is 24.3 Å². The summed E-state index contributed by atoms with van der Waals surface area (Å²) < 4.78 is 5.36. The van der Waals surface area contributed by atoms with E-state index in [1.165, 1.54) is 44.1 Å². The van der Waals surface area contributed by atoms with Crippen molar-refractivity contribution < 1.29 is 4.74 Å². The Hall–Kier alpha value is -1.53. The highest BCUT2D eigenvalue weighted by atomic mass is 16.5. The first-order valence-corrected chi connectivity index (χ1v) is 8.15. The molecule has 1 fully saturated rings. The molecule has 1 aromatic carbocycles. The minimum absolute atomic E-state index is 0.108. The van der Waals surface area contributed by atoms with E-state index in [0.717, 1.165) is 18.2 Å². The Labute approximate surface area is 128 Å². The number of nitrogens with zero attached hydrogens (tertiary/aromatic N) is 1. The van der Waals surface area contributed by atoms with Gasteiger partial charge in [-0.25, -0.2) is 0 Å². The molecule has 1 aliphatic carbocycles. The number of hydrogen-bond donors (Lipinski definition) is 1. The third-order valence-electron chi connectivity index (χ3n) is 4.43. The van der Waals surface area contributed by atoms with Crippen molar-refractivity contribution in [3.05, 3.63) is 29.8 Å². The number of hydrogen-bond acceptors (Lipinski definition) is 3. The van der Waals surface area contributed by atoms with Gasteiger partial charge in [-0.15, -0.1) is 0 Å². The Bertz CT molecular complexity index is 461. The van der Waals surface area contributed by atoms with Crippen LogP contribution in [-0.2, 0) is 6.54 Å². The van der Waals surface area contributed by atoms with Gasteiger partial charge in [0.1, 0.15) is 11.8 Å². The van der Waals surface area contributed by atoms with Crippen molar-refractivity contribution in [1.82, 2.24) is 5.32 Å². The molecule has 1 aromatic rings. The van der Waals surface area contributed by atoms with E-state index < -0.39 is 0 Å². The molecule has 1 unspecified atom stereocenters. The number of benzene rings is 1. The van der Waals surface area contributed by atoms with E-state index in [-0.39, 0.29) is 6.61 Å². The zero-order valence-electron chi connectivity index (χ0n) is 13.0. The number of rotatable bonds is 7. The molecule has 0 radical (unpaired) electrons. The van der Waals surface area contributed by atoms with Crippen LogP contribution in [0, 0.1) is 17.2 Å². The minimum atomic E-state index is 0.108. The van der Waals surface area contributed by atoms with E-state index in [4.69, 9.17) is 10.00 Å². The van der Waals surface area contributed by atoms with Crippen LogP contribution in [0.2, 0.25) is 0 Å². The lowest BCUT2D eigenvalue weighted by atomic mass is 9.83. The normalized spacial score (nSPS) is 17.1. The van der Waals surface area contributed by atoms with E-state index in [0.29, 0.717) is 6.04 Å². The summed E-state index contributed by atoms with van der Waals surface area (Å²) in [5.41, 5.74) is 1.22. The highest BCUT2D eigenvalue weighted by Crippen LogP contribution is 2.28. The van der Waals surface area contributed by atoms with E-state index in [2.05, 4.69) is 18.3 Å². The molecule has 1 atom stereocenters. The SMILES string of the molecule is CCC(NCc1cccc(OCC#N)c1)C1CCCCC1. The van der Waals surface area contributed by atoms with Crippen LogP contribution in [0.5, 0.6) is 5.75 Å². The second-order valence-corrected chi connectivity index (χ2v) is 5.89. The summed E-state index contributed by atoms with van der Waals surface area (Å²) in [5, 5.41) is 12.3. The average Bonchev–Trinajstić information content (AvgIpc) is 2.55. The van der Waals surface area contributed by atoms with Crippen molar-refractivity contribution in [1.29, 1.82) is 5.26 Å². The van der Waals surface area contributed by atoms with Gasteiger partial charge in [0.05, 0.1) is 0 Å². The van der Waals surface area contributed by atoms with Gasteiger partial charge in [0, 0.05) is 12.6 Å². The molecular weight excluding hydrogens is 260 g/mol. The van der Waals surface area contributed by atoms with E-state index in [1.807, 2.05) is 24.3 Å². The molecule has 3 heteroatoms.